The first-order valence-corrected chi connectivity index (χ1v) is 7.01. The van der Waals surface area contributed by atoms with Gasteiger partial charge in [-0.1, -0.05) is 35.8 Å². The van der Waals surface area contributed by atoms with Gasteiger partial charge in [0, 0.05) is 16.7 Å². The zero-order valence-electron chi connectivity index (χ0n) is 9.05. The number of hydrogen-bond donors (Lipinski definition) is 0. The van der Waals surface area contributed by atoms with E-state index in [9.17, 15) is 8.42 Å². The molecule has 0 aliphatic heterocycles. The molecule has 90 valence electrons. The highest BCUT2D eigenvalue weighted by atomic mass is 35.5. The van der Waals surface area contributed by atoms with E-state index in [4.69, 9.17) is 16.1 Å². The van der Waals surface area contributed by atoms with E-state index in [1.807, 2.05) is 0 Å². The lowest BCUT2D eigenvalue weighted by Crippen LogP contribution is -2.01. The number of sulfone groups is 1. The lowest BCUT2D eigenvalue weighted by molar-refractivity contribution is 0.341. The molecule has 0 radical (unpaired) electrons. The van der Waals surface area contributed by atoms with E-state index in [2.05, 4.69) is 5.16 Å². The van der Waals surface area contributed by atoms with Crippen molar-refractivity contribution in [3.63, 3.8) is 0 Å². The van der Waals surface area contributed by atoms with Crippen LogP contribution in [0, 0.1) is 0 Å². The molecule has 0 aliphatic rings. The van der Waals surface area contributed by atoms with Crippen LogP contribution in [0.15, 0.2) is 39.9 Å². The van der Waals surface area contributed by atoms with Crippen LogP contribution in [-0.4, -0.2) is 19.3 Å². The molecule has 0 N–H and O–H groups in total. The summed E-state index contributed by atoms with van der Waals surface area (Å²) in [7, 11) is -3.35. The number of nitrogens with zero attached hydrogens (tertiary/aromatic N) is 1. The summed E-state index contributed by atoms with van der Waals surface area (Å²) in [5.74, 6) is -0.0117. The van der Waals surface area contributed by atoms with Crippen LogP contribution in [0.25, 0.3) is 11.3 Å². The van der Waals surface area contributed by atoms with E-state index in [1.54, 1.807) is 31.2 Å². The second-order valence-corrected chi connectivity index (χ2v) is 6.09. The Morgan fingerprint density at radius 3 is 2.53 bits per heavy atom. The fourth-order valence-corrected chi connectivity index (χ4v) is 2.16. The van der Waals surface area contributed by atoms with Gasteiger partial charge in [0.15, 0.2) is 0 Å². The summed E-state index contributed by atoms with van der Waals surface area (Å²) in [4.78, 5) is 0. The molecule has 2 rings (SSSR count). The number of halogens is 1. The molecule has 1 heterocycles. The number of hydrogen-bond acceptors (Lipinski definition) is 4. The molecular formula is C11H10ClNO3S. The summed E-state index contributed by atoms with van der Waals surface area (Å²) < 4.78 is 27.9. The minimum Gasteiger partial charge on any atom is -0.344 e. The largest absolute Gasteiger partial charge is 0.344 e. The summed E-state index contributed by atoms with van der Waals surface area (Å²) in [6.45, 7) is 1.56. The van der Waals surface area contributed by atoms with Gasteiger partial charge in [-0.25, -0.2) is 8.42 Å². The van der Waals surface area contributed by atoms with Crippen molar-refractivity contribution in [2.75, 3.05) is 5.75 Å². The van der Waals surface area contributed by atoms with Crippen LogP contribution in [0.4, 0.5) is 0 Å². The van der Waals surface area contributed by atoms with Gasteiger partial charge in [-0.3, -0.25) is 0 Å². The van der Waals surface area contributed by atoms with Crippen LogP contribution in [0.1, 0.15) is 6.92 Å². The molecular weight excluding hydrogens is 262 g/mol. The smallest absolute Gasteiger partial charge is 0.251 e. The maximum Gasteiger partial charge on any atom is 0.251 e. The zero-order chi connectivity index (χ0) is 12.5. The first-order chi connectivity index (χ1) is 8.03. The van der Waals surface area contributed by atoms with Gasteiger partial charge < -0.3 is 4.52 Å². The third kappa shape index (κ3) is 2.50. The van der Waals surface area contributed by atoms with E-state index < -0.39 is 9.84 Å². The molecule has 0 saturated heterocycles. The molecule has 0 fully saturated rings. The van der Waals surface area contributed by atoms with E-state index in [0.717, 1.165) is 5.56 Å². The van der Waals surface area contributed by atoms with Crippen molar-refractivity contribution >= 4 is 21.4 Å². The van der Waals surface area contributed by atoms with Gasteiger partial charge in [-0.2, -0.15) is 0 Å². The van der Waals surface area contributed by atoms with Crippen LogP contribution >= 0.6 is 11.6 Å². The lowest BCUT2D eigenvalue weighted by Gasteiger charge is -1.94. The SMILES string of the molecule is CCS(=O)(=O)c1cc(-c2ccc(Cl)cc2)no1. The summed E-state index contributed by atoms with van der Waals surface area (Å²) in [5, 5.41) is 4.24. The minimum absolute atomic E-state index is 0.0117. The fraction of sp³-hybridized carbons (Fsp3) is 0.182. The highest BCUT2D eigenvalue weighted by molar-refractivity contribution is 7.91. The van der Waals surface area contributed by atoms with E-state index in [0.29, 0.717) is 10.7 Å². The Kier molecular flexibility index (Phi) is 3.22. The van der Waals surface area contributed by atoms with Crippen LogP contribution in [-0.2, 0) is 9.84 Å². The molecule has 1 aromatic heterocycles. The Morgan fingerprint density at radius 2 is 1.94 bits per heavy atom. The van der Waals surface area contributed by atoms with Gasteiger partial charge in [0.1, 0.15) is 5.69 Å². The van der Waals surface area contributed by atoms with Crippen molar-refractivity contribution in [2.24, 2.45) is 0 Å². The van der Waals surface area contributed by atoms with Gasteiger partial charge >= 0.3 is 0 Å². The molecule has 6 heteroatoms. The number of rotatable bonds is 3. The second-order valence-electron chi connectivity index (χ2n) is 3.44. The van der Waals surface area contributed by atoms with E-state index >= 15 is 0 Å². The molecule has 17 heavy (non-hydrogen) atoms. The molecule has 0 saturated carbocycles. The van der Waals surface area contributed by atoms with E-state index in [-0.39, 0.29) is 10.8 Å². The summed E-state index contributed by atoms with van der Waals surface area (Å²) >= 11 is 5.76. The van der Waals surface area contributed by atoms with Crippen LogP contribution in [0.2, 0.25) is 5.02 Å². The monoisotopic (exact) mass is 271 g/mol. The quantitative estimate of drug-likeness (QED) is 0.861. The predicted molar refractivity (Wildman–Crippen MR) is 64.7 cm³/mol. The molecule has 0 unspecified atom stereocenters. The van der Waals surface area contributed by atoms with Crippen LogP contribution in [0.5, 0.6) is 0 Å². The highest BCUT2D eigenvalue weighted by Gasteiger charge is 2.18. The molecule has 0 spiro atoms. The zero-order valence-corrected chi connectivity index (χ0v) is 10.6. The topological polar surface area (TPSA) is 60.2 Å². The van der Waals surface area contributed by atoms with Gasteiger partial charge in [0.25, 0.3) is 5.09 Å². The van der Waals surface area contributed by atoms with Gasteiger partial charge in [-0.15, -0.1) is 0 Å². The van der Waals surface area contributed by atoms with Gasteiger partial charge in [0.2, 0.25) is 9.84 Å². The van der Waals surface area contributed by atoms with Gasteiger partial charge in [-0.05, 0) is 12.1 Å². The Hall–Kier alpha value is -1.33. The highest BCUT2D eigenvalue weighted by Crippen LogP contribution is 2.23. The Labute approximate surface area is 104 Å². The van der Waals surface area contributed by atoms with Crippen LogP contribution < -0.4 is 0 Å². The Morgan fingerprint density at radius 1 is 1.29 bits per heavy atom. The normalized spacial score (nSPS) is 11.6. The average Bonchev–Trinajstić information content (AvgIpc) is 2.80. The van der Waals surface area contributed by atoms with Crippen molar-refractivity contribution in [2.45, 2.75) is 12.0 Å². The standard InChI is InChI=1S/C11H10ClNO3S/c1-2-17(14,15)11-7-10(13-16-11)8-3-5-9(12)6-4-8/h3-7H,2H2,1H3. The molecule has 0 atom stereocenters. The molecule has 1 aromatic carbocycles. The third-order valence-corrected chi connectivity index (χ3v) is 4.13. The second kappa shape index (κ2) is 4.50. The summed E-state index contributed by atoms with van der Waals surface area (Å²) in [6, 6.07) is 8.34. The maximum absolute atomic E-state index is 11.5. The molecule has 4 nitrogen and oxygen atoms in total. The fourth-order valence-electron chi connectivity index (χ4n) is 1.30. The predicted octanol–water partition coefficient (Wildman–Crippen LogP) is 2.79. The Balaban J connectivity index is 2.40. The minimum atomic E-state index is -3.35. The first-order valence-electron chi connectivity index (χ1n) is 4.98. The maximum atomic E-state index is 11.5. The van der Waals surface area contributed by atoms with E-state index in [1.165, 1.54) is 6.07 Å². The molecule has 2 aromatic rings. The van der Waals surface area contributed by atoms with Crippen LogP contribution in [0.3, 0.4) is 0 Å². The first kappa shape index (κ1) is 12.1. The van der Waals surface area contributed by atoms with Crippen molar-refractivity contribution < 1.29 is 12.9 Å². The summed E-state index contributed by atoms with van der Waals surface area (Å²) in [5.41, 5.74) is 1.24. The number of aromatic nitrogens is 1. The average molecular weight is 272 g/mol. The van der Waals surface area contributed by atoms with Gasteiger partial charge in [0.05, 0.1) is 5.75 Å². The summed E-state index contributed by atoms with van der Waals surface area (Å²) in [6.07, 6.45) is 0. The molecule has 0 bridgehead atoms. The molecule has 0 aliphatic carbocycles. The van der Waals surface area contributed by atoms with Crippen molar-refractivity contribution in [3.05, 3.63) is 35.4 Å². The van der Waals surface area contributed by atoms with Crippen molar-refractivity contribution in [3.8, 4) is 11.3 Å². The third-order valence-electron chi connectivity index (χ3n) is 2.32. The van der Waals surface area contributed by atoms with Crippen molar-refractivity contribution in [1.82, 2.24) is 5.16 Å². The Bertz CT molecular complexity index is 616. The number of benzene rings is 1. The van der Waals surface area contributed by atoms with Crippen molar-refractivity contribution in [1.29, 1.82) is 0 Å². The molecule has 0 amide bonds. The lowest BCUT2D eigenvalue weighted by atomic mass is 10.2.